The van der Waals surface area contributed by atoms with Crippen molar-refractivity contribution in [2.45, 2.75) is 31.9 Å². The number of nitrogens with zero attached hydrogens (tertiary/aromatic N) is 2. The molecule has 0 saturated heterocycles. The second-order valence-electron chi connectivity index (χ2n) is 4.49. The van der Waals surface area contributed by atoms with Gasteiger partial charge in [0.1, 0.15) is 23.0 Å². The third kappa shape index (κ3) is 2.77. The highest BCUT2D eigenvalue weighted by Gasteiger charge is 2.21. The molecular weight excluding hydrogens is 282 g/mol. The van der Waals surface area contributed by atoms with Gasteiger partial charge in [0.25, 0.3) is 0 Å². The van der Waals surface area contributed by atoms with Gasteiger partial charge in [-0.25, -0.2) is 13.1 Å². The second-order valence-corrected chi connectivity index (χ2v) is 6.23. The van der Waals surface area contributed by atoms with Crippen LogP contribution in [0.4, 0.5) is 0 Å². The zero-order valence-corrected chi connectivity index (χ0v) is 12.4. The Labute approximate surface area is 117 Å². The van der Waals surface area contributed by atoms with Gasteiger partial charge in [0.05, 0.1) is 6.20 Å². The fraction of sp³-hybridized carbons (Fsp3) is 0.417. The average molecular weight is 299 g/mol. The van der Waals surface area contributed by atoms with Crippen molar-refractivity contribution < 1.29 is 17.9 Å². The molecule has 0 bridgehead atoms. The molecule has 7 nitrogen and oxygen atoms in total. The van der Waals surface area contributed by atoms with Crippen LogP contribution in [0.3, 0.4) is 0 Å². The molecule has 20 heavy (non-hydrogen) atoms. The number of hydrogen-bond acceptors (Lipinski definition) is 5. The van der Waals surface area contributed by atoms with Gasteiger partial charge in [0.2, 0.25) is 10.0 Å². The van der Waals surface area contributed by atoms with Gasteiger partial charge in [-0.1, -0.05) is 0 Å². The maximum Gasteiger partial charge on any atom is 0.244 e. The molecule has 0 spiro atoms. The van der Waals surface area contributed by atoms with Crippen molar-refractivity contribution in [2.75, 3.05) is 0 Å². The molecule has 2 N–H and O–H groups in total. The van der Waals surface area contributed by atoms with E-state index in [0.29, 0.717) is 0 Å². The van der Waals surface area contributed by atoms with E-state index in [1.54, 1.807) is 24.9 Å². The number of rotatable bonds is 5. The minimum Gasteiger partial charge on any atom is -0.462 e. The SMILES string of the molecule is Cc1oc(CO)cc1S(=O)(=O)NCc1cnn(C)c1C. The Hall–Kier alpha value is -1.64. The van der Waals surface area contributed by atoms with E-state index in [0.717, 1.165) is 11.3 Å². The molecule has 0 radical (unpaired) electrons. The number of furan rings is 1. The Morgan fingerprint density at radius 1 is 1.45 bits per heavy atom. The maximum atomic E-state index is 12.2. The van der Waals surface area contributed by atoms with E-state index < -0.39 is 10.0 Å². The van der Waals surface area contributed by atoms with Gasteiger partial charge in [0.15, 0.2) is 0 Å². The van der Waals surface area contributed by atoms with Gasteiger partial charge >= 0.3 is 0 Å². The van der Waals surface area contributed by atoms with Crippen molar-refractivity contribution in [3.05, 3.63) is 35.0 Å². The number of aryl methyl sites for hydroxylation is 2. The predicted octanol–water partition coefficient (Wildman–Crippen LogP) is 0.601. The number of nitrogens with one attached hydrogen (secondary N) is 1. The van der Waals surface area contributed by atoms with Gasteiger partial charge in [0, 0.05) is 30.9 Å². The minimum absolute atomic E-state index is 0.0445. The van der Waals surface area contributed by atoms with Gasteiger partial charge in [-0.05, 0) is 13.8 Å². The van der Waals surface area contributed by atoms with Crippen LogP contribution in [0.25, 0.3) is 0 Å². The van der Waals surface area contributed by atoms with Crippen molar-refractivity contribution in [3.8, 4) is 0 Å². The molecule has 0 aliphatic heterocycles. The Morgan fingerprint density at radius 3 is 2.65 bits per heavy atom. The first kappa shape index (κ1) is 14.8. The summed E-state index contributed by atoms with van der Waals surface area (Å²) < 4.78 is 33.7. The zero-order valence-electron chi connectivity index (χ0n) is 11.5. The average Bonchev–Trinajstić information content (AvgIpc) is 2.93. The molecule has 0 aliphatic carbocycles. The number of aliphatic hydroxyl groups excluding tert-OH is 1. The summed E-state index contributed by atoms with van der Waals surface area (Å²) in [5.74, 6) is 0.477. The lowest BCUT2D eigenvalue weighted by Crippen LogP contribution is -2.23. The molecule has 0 aliphatic rings. The molecule has 110 valence electrons. The van der Waals surface area contributed by atoms with Crippen LogP contribution < -0.4 is 4.72 Å². The lowest BCUT2D eigenvalue weighted by molar-refractivity contribution is 0.244. The summed E-state index contributed by atoms with van der Waals surface area (Å²) >= 11 is 0. The molecule has 0 saturated carbocycles. The number of hydrogen-bond donors (Lipinski definition) is 2. The first-order valence-electron chi connectivity index (χ1n) is 6.02. The predicted molar refractivity (Wildman–Crippen MR) is 71.3 cm³/mol. The molecule has 0 fully saturated rings. The summed E-state index contributed by atoms with van der Waals surface area (Å²) in [5.41, 5.74) is 1.70. The van der Waals surface area contributed by atoms with E-state index in [1.807, 2.05) is 6.92 Å². The fourth-order valence-electron chi connectivity index (χ4n) is 1.84. The summed E-state index contributed by atoms with van der Waals surface area (Å²) in [5, 5.41) is 13.0. The second kappa shape index (κ2) is 5.39. The maximum absolute atomic E-state index is 12.2. The van der Waals surface area contributed by atoms with Crippen molar-refractivity contribution in [2.24, 2.45) is 7.05 Å². The van der Waals surface area contributed by atoms with E-state index in [2.05, 4.69) is 9.82 Å². The molecule has 2 heterocycles. The van der Waals surface area contributed by atoms with Crippen molar-refractivity contribution in [1.29, 1.82) is 0 Å². The summed E-state index contributed by atoms with van der Waals surface area (Å²) in [6, 6.07) is 1.33. The highest BCUT2D eigenvalue weighted by molar-refractivity contribution is 7.89. The summed E-state index contributed by atoms with van der Waals surface area (Å²) in [6.45, 7) is 3.23. The van der Waals surface area contributed by atoms with Gasteiger partial charge in [-0.15, -0.1) is 0 Å². The van der Waals surface area contributed by atoms with Crippen LogP contribution in [0.2, 0.25) is 0 Å². The van der Waals surface area contributed by atoms with Crippen LogP contribution in [0, 0.1) is 13.8 Å². The zero-order chi connectivity index (χ0) is 14.9. The van der Waals surface area contributed by atoms with Crippen molar-refractivity contribution >= 4 is 10.0 Å². The summed E-state index contributed by atoms with van der Waals surface area (Å²) in [7, 11) is -1.89. The molecule has 0 amide bonds. The quantitative estimate of drug-likeness (QED) is 0.842. The third-order valence-corrected chi connectivity index (χ3v) is 4.67. The van der Waals surface area contributed by atoms with Crippen LogP contribution in [-0.4, -0.2) is 23.3 Å². The Balaban J connectivity index is 2.19. The number of aromatic nitrogens is 2. The Morgan fingerprint density at radius 2 is 2.15 bits per heavy atom. The number of sulfonamides is 1. The van der Waals surface area contributed by atoms with E-state index in [1.165, 1.54) is 6.07 Å². The third-order valence-electron chi connectivity index (χ3n) is 3.16. The fourth-order valence-corrected chi connectivity index (χ4v) is 3.04. The van der Waals surface area contributed by atoms with Crippen LogP contribution in [-0.2, 0) is 30.2 Å². The smallest absolute Gasteiger partial charge is 0.244 e. The molecule has 2 rings (SSSR count). The molecule has 0 aromatic carbocycles. The van der Waals surface area contributed by atoms with E-state index >= 15 is 0 Å². The van der Waals surface area contributed by atoms with Crippen LogP contribution in [0.15, 0.2) is 21.6 Å². The standard InChI is InChI=1S/C12H17N3O4S/c1-8-10(5-13-15(8)3)6-14-20(17,18)12-4-11(7-16)19-9(12)2/h4-5,14,16H,6-7H2,1-3H3. The van der Waals surface area contributed by atoms with Crippen LogP contribution >= 0.6 is 0 Å². The van der Waals surface area contributed by atoms with Gasteiger partial charge in [-0.3, -0.25) is 4.68 Å². The van der Waals surface area contributed by atoms with Crippen LogP contribution in [0.1, 0.15) is 22.8 Å². The number of aliphatic hydroxyl groups is 1. The topological polar surface area (TPSA) is 97.4 Å². The Kier molecular flexibility index (Phi) is 3.98. The van der Waals surface area contributed by atoms with Crippen molar-refractivity contribution in [3.63, 3.8) is 0 Å². The molecule has 0 atom stereocenters. The van der Waals surface area contributed by atoms with Gasteiger partial charge in [-0.2, -0.15) is 5.10 Å². The first-order chi connectivity index (χ1) is 9.35. The highest BCUT2D eigenvalue weighted by Crippen LogP contribution is 2.20. The minimum atomic E-state index is -3.68. The first-order valence-corrected chi connectivity index (χ1v) is 7.50. The molecule has 2 aromatic heterocycles. The lowest BCUT2D eigenvalue weighted by Gasteiger charge is -2.05. The summed E-state index contributed by atoms with van der Waals surface area (Å²) in [6.07, 6.45) is 1.62. The van der Waals surface area contributed by atoms with Crippen LogP contribution in [0.5, 0.6) is 0 Å². The van der Waals surface area contributed by atoms with E-state index in [4.69, 9.17) is 9.52 Å². The normalized spacial score (nSPS) is 12.0. The summed E-state index contributed by atoms with van der Waals surface area (Å²) in [4.78, 5) is 0.0445. The monoisotopic (exact) mass is 299 g/mol. The molecule has 0 unspecified atom stereocenters. The highest BCUT2D eigenvalue weighted by atomic mass is 32.2. The lowest BCUT2D eigenvalue weighted by atomic mass is 10.3. The van der Waals surface area contributed by atoms with Crippen molar-refractivity contribution in [1.82, 2.24) is 14.5 Å². The van der Waals surface area contributed by atoms with E-state index in [9.17, 15) is 8.42 Å². The molecule has 8 heteroatoms. The molecule has 2 aromatic rings. The largest absolute Gasteiger partial charge is 0.462 e. The van der Waals surface area contributed by atoms with E-state index in [-0.39, 0.29) is 29.6 Å². The van der Waals surface area contributed by atoms with Gasteiger partial charge < -0.3 is 9.52 Å². The molecular formula is C12H17N3O4S. The Bertz CT molecular complexity index is 715.